The number of ether oxygens (including phenoxy) is 2. The number of nitrogens with one attached hydrogen (secondary N) is 1. The van der Waals surface area contributed by atoms with Gasteiger partial charge in [-0.3, -0.25) is 14.8 Å². The fraction of sp³-hybridized carbons (Fsp3) is 0.143. The maximum Gasteiger partial charge on any atom is 0.339 e. The first-order chi connectivity index (χ1) is 34.4. The summed E-state index contributed by atoms with van der Waals surface area (Å²) in [6.45, 7) is 3.80. The Morgan fingerprint density at radius 2 is 1.01 bits per heavy atom. The number of carbonyl (C=O) groups is 4. The molecule has 10 aromatic rings. The van der Waals surface area contributed by atoms with E-state index < -0.39 is 11.9 Å². The number of aromatic nitrogens is 6. The van der Waals surface area contributed by atoms with E-state index in [2.05, 4.69) is 42.4 Å². The number of amides is 1. The number of rotatable bonds is 11. The van der Waals surface area contributed by atoms with Crippen molar-refractivity contribution >= 4 is 56.4 Å². The number of carbonyl (C=O) groups excluding carboxylic acids is 3. The second-order valence-corrected chi connectivity index (χ2v) is 16.7. The summed E-state index contributed by atoms with van der Waals surface area (Å²) in [6.07, 6.45) is 11.4. The van der Waals surface area contributed by atoms with Crippen LogP contribution in [0.4, 0.5) is 0 Å². The van der Waals surface area contributed by atoms with E-state index in [-0.39, 0.29) is 29.5 Å². The molecular formula is C56H50N8O7. The fourth-order valence-electron chi connectivity index (χ4n) is 8.10. The van der Waals surface area contributed by atoms with Gasteiger partial charge in [-0.15, -0.1) is 0 Å². The van der Waals surface area contributed by atoms with Gasteiger partial charge in [0, 0.05) is 65.8 Å². The van der Waals surface area contributed by atoms with Crippen LogP contribution in [-0.2, 0) is 22.3 Å². The molecule has 1 amide bonds. The molecule has 0 saturated heterocycles. The number of carboxylic acids is 1. The Balaban J connectivity index is 0.000000160. The van der Waals surface area contributed by atoms with Crippen LogP contribution >= 0.6 is 0 Å². The number of methoxy groups -OCH3 is 2. The standard InChI is InChI=1S/C28H24N4O3.C18H13N3O2.C10H13NO2/c1-18(19-9-11-20(12-10-19)28(34)35-2)31-27(33)25-17-30-32-13-5-8-22(26(25)32)15-24-14-21-6-3-4-7-23(21)16-29-24;22-18(23)16-11-20-21-7-3-6-13(17(16)21)9-15-8-12-4-1-2-5-14(12)10-19-15;1-7(11)8-3-5-9(6-4-8)10(12)13-2/h3-14,16-18H,15H2,1-2H3,(H,31,33);1-8,10-11H,9H2,(H,22,23);3-7H,11H2,1-2H3/t18-;;7-/m0.0/s1. The average Bonchev–Trinajstić information content (AvgIpc) is 4.05. The molecule has 0 aliphatic rings. The molecule has 4 aromatic carbocycles. The maximum atomic E-state index is 13.3. The summed E-state index contributed by atoms with van der Waals surface area (Å²) in [5.74, 6) is -1.91. The van der Waals surface area contributed by atoms with E-state index in [4.69, 9.17) is 10.5 Å². The number of hydrogen-bond donors (Lipinski definition) is 3. The molecule has 6 aromatic heterocycles. The number of nitrogens with two attached hydrogens (primary N) is 1. The number of hydrogen-bond acceptors (Lipinski definition) is 11. The highest BCUT2D eigenvalue weighted by Gasteiger charge is 2.20. The highest BCUT2D eigenvalue weighted by atomic mass is 16.5. The van der Waals surface area contributed by atoms with Gasteiger partial charge in [-0.1, -0.05) is 84.9 Å². The van der Waals surface area contributed by atoms with E-state index in [1.165, 1.54) is 20.4 Å². The summed E-state index contributed by atoms with van der Waals surface area (Å²) in [5, 5.41) is 25.3. The fourth-order valence-corrected chi connectivity index (χ4v) is 8.10. The largest absolute Gasteiger partial charge is 0.478 e. The summed E-state index contributed by atoms with van der Waals surface area (Å²) in [5.41, 5.74) is 14.3. The molecule has 0 spiro atoms. The van der Waals surface area contributed by atoms with Gasteiger partial charge < -0.3 is 25.6 Å². The molecule has 4 N–H and O–H groups in total. The van der Waals surface area contributed by atoms with E-state index in [0.29, 0.717) is 35.0 Å². The zero-order chi connectivity index (χ0) is 50.0. The Labute approximate surface area is 408 Å². The van der Waals surface area contributed by atoms with Gasteiger partial charge in [0.15, 0.2) is 0 Å². The van der Waals surface area contributed by atoms with Crippen molar-refractivity contribution in [2.75, 3.05) is 14.2 Å². The summed E-state index contributed by atoms with van der Waals surface area (Å²) < 4.78 is 12.6. The number of fused-ring (bicyclic) bond motifs is 4. The van der Waals surface area contributed by atoms with E-state index in [1.807, 2.05) is 129 Å². The lowest BCUT2D eigenvalue weighted by Gasteiger charge is -2.15. The third-order valence-corrected chi connectivity index (χ3v) is 11.9. The molecule has 0 radical (unpaired) electrons. The lowest BCUT2D eigenvalue weighted by Crippen LogP contribution is -2.26. The van der Waals surface area contributed by atoms with Gasteiger partial charge in [0.25, 0.3) is 5.91 Å². The molecule has 2 atom stereocenters. The van der Waals surface area contributed by atoms with Crippen LogP contribution in [0.1, 0.15) is 101 Å². The Hall–Kier alpha value is -9.08. The molecule has 71 heavy (non-hydrogen) atoms. The van der Waals surface area contributed by atoms with Crippen LogP contribution in [0, 0.1) is 0 Å². The highest BCUT2D eigenvalue weighted by molar-refractivity contribution is 6.02. The SMILES string of the molecule is COC(=O)c1ccc([C@H](C)N)cc1.COC(=O)c1ccc([C@H](C)NC(=O)c2cnn3cccc(Cc4cc5ccccc5cn4)c23)cc1.O=C(O)c1cnn2cccc(Cc3cc4ccccc4cn3)c12. The molecule has 15 nitrogen and oxygen atoms in total. The van der Waals surface area contributed by atoms with Crippen molar-refractivity contribution in [1.82, 2.24) is 34.5 Å². The summed E-state index contributed by atoms with van der Waals surface area (Å²) in [4.78, 5) is 56.5. The lowest BCUT2D eigenvalue weighted by molar-refractivity contribution is 0.0592. The number of aromatic carboxylic acids is 1. The predicted octanol–water partition coefficient (Wildman–Crippen LogP) is 9.42. The Morgan fingerprint density at radius 3 is 1.46 bits per heavy atom. The quantitative estimate of drug-likeness (QED) is 0.104. The molecule has 0 aliphatic carbocycles. The molecule has 0 aliphatic heterocycles. The van der Waals surface area contributed by atoms with Crippen molar-refractivity contribution in [3.8, 4) is 0 Å². The summed E-state index contributed by atoms with van der Waals surface area (Å²) >= 11 is 0. The van der Waals surface area contributed by atoms with Gasteiger partial charge in [0.2, 0.25) is 0 Å². The maximum absolute atomic E-state index is 13.3. The Kier molecular flexibility index (Phi) is 14.9. The van der Waals surface area contributed by atoms with Gasteiger partial charge in [0.05, 0.1) is 60.4 Å². The van der Waals surface area contributed by atoms with Crippen molar-refractivity contribution in [2.24, 2.45) is 5.73 Å². The van der Waals surface area contributed by atoms with Gasteiger partial charge in [-0.25, -0.2) is 23.4 Å². The lowest BCUT2D eigenvalue weighted by atomic mass is 10.0. The van der Waals surface area contributed by atoms with Crippen LogP contribution in [0.2, 0.25) is 0 Å². The number of esters is 2. The van der Waals surface area contributed by atoms with Crippen LogP contribution in [0.5, 0.6) is 0 Å². The predicted molar refractivity (Wildman–Crippen MR) is 270 cm³/mol. The second kappa shape index (κ2) is 21.9. The minimum Gasteiger partial charge on any atom is -0.478 e. The first kappa shape index (κ1) is 48.4. The summed E-state index contributed by atoms with van der Waals surface area (Å²) in [7, 11) is 2.71. The van der Waals surface area contributed by atoms with Crippen molar-refractivity contribution in [1.29, 1.82) is 0 Å². The van der Waals surface area contributed by atoms with Gasteiger partial charge in [-0.2, -0.15) is 10.2 Å². The Bertz CT molecular complexity index is 3530. The second-order valence-electron chi connectivity index (χ2n) is 16.7. The zero-order valence-electron chi connectivity index (χ0n) is 39.4. The monoisotopic (exact) mass is 946 g/mol. The van der Waals surface area contributed by atoms with E-state index in [9.17, 15) is 24.3 Å². The molecule has 0 bridgehead atoms. The number of nitrogens with zero attached hydrogens (tertiary/aromatic N) is 6. The van der Waals surface area contributed by atoms with Crippen LogP contribution in [0.3, 0.4) is 0 Å². The topological polar surface area (TPSA) is 205 Å². The van der Waals surface area contributed by atoms with Crippen LogP contribution in [0.25, 0.3) is 32.6 Å². The molecule has 15 heteroatoms. The minimum atomic E-state index is -0.973. The van der Waals surface area contributed by atoms with Gasteiger partial charge >= 0.3 is 17.9 Å². The van der Waals surface area contributed by atoms with Crippen molar-refractivity contribution in [3.05, 3.63) is 227 Å². The molecule has 0 fully saturated rings. The zero-order valence-corrected chi connectivity index (χ0v) is 39.4. The van der Waals surface area contributed by atoms with Crippen LogP contribution in [0.15, 0.2) is 171 Å². The molecule has 10 rings (SSSR count). The molecular weight excluding hydrogens is 897 g/mol. The van der Waals surface area contributed by atoms with Gasteiger partial charge in [-0.05, 0) is 95.4 Å². The molecule has 356 valence electrons. The third-order valence-electron chi connectivity index (χ3n) is 11.9. The van der Waals surface area contributed by atoms with Crippen molar-refractivity contribution in [3.63, 3.8) is 0 Å². The van der Waals surface area contributed by atoms with E-state index >= 15 is 0 Å². The first-order valence-corrected chi connectivity index (χ1v) is 22.6. The molecule has 6 heterocycles. The third kappa shape index (κ3) is 11.3. The molecule has 0 saturated carbocycles. The number of benzene rings is 4. The number of carboxylic acid groups (broad SMARTS) is 1. The van der Waals surface area contributed by atoms with E-state index in [1.54, 1.807) is 45.7 Å². The smallest absolute Gasteiger partial charge is 0.339 e. The highest BCUT2D eigenvalue weighted by Crippen LogP contribution is 2.24. The first-order valence-electron chi connectivity index (χ1n) is 22.6. The summed E-state index contributed by atoms with van der Waals surface area (Å²) in [6, 6.07) is 41.8. The van der Waals surface area contributed by atoms with Crippen LogP contribution in [-0.4, -0.2) is 72.3 Å². The Morgan fingerprint density at radius 1 is 0.577 bits per heavy atom. The minimum absolute atomic E-state index is 0.00769. The van der Waals surface area contributed by atoms with Gasteiger partial charge in [0.1, 0.15) is 5.56 Å². The normalized spacial score (nSPS) is 11.7. The molecule has 0 unspecified atom stereocenters. The average molecular weight is 947 g/mol. The van der Waals surface area contributed by atoms with E-state index in [0.717, 1.165) is 60.7 Å². The van der Waals surface area contributed by atoms with Crippen molar-refractivity contribution < 1.29 is 33.8 Å². The van der Waals surface area contributed by atoms with Crippen molar-refractivity contribution in [2.45, 2.75) is 38.8 Å². The van der Waals surface area contributed by atoms with Crippen LogP contribution < -0.4 is 11.1 Å². The number of pyridine rings is 4.